The third-order valence-electron chi connectivity index (χ3n) is 3.91. The van der Waals surface area contributed by atoms with Crippen LogP contribution in [-0.4, -0.2) is 47.2 Å². The lowest BCUT2D eigenvalue weighted by Gasteiger charge is -2.13. The molecule has 0 fully saturated rings. The maximum atomic E-state index is 12.5. The van der Waals surface area contributed by atoms with Crippen LogP contribution in [0.25, 0.3) is 11.6 Å². The molecule has 0 unspecified atom stereocenters. The number of nitrogens with zero attached hydrogens (tertiary/aromatic N) is 4. The van der Waals surface area contributed by atoms with Gasteiger partial charge in [-0.3, -0.25) is 14.8 Å². The van der Waals surface area contributed by atoms with E-state index in [-0.39, 0.29) is 17.5 Å². The summed E-state index contributed by atoms with van der Waals surface area (Å²) in [5.74, 6) is 0.844. The molecular weight excluding hydrogens is 354 g/mol. The fraction of sp³-hybridized carbons (Fsp3) is 0.294. The monoisotopic (exact) mass is 373 g/mol. The van der Waals surface area contributed by atoms with E-state index < -0.39 is 5.91 Å². The molecule has 0 aliphatic heterocycles. The lowest BCUT2D eigenvalue weighted by atomic mass is 10.1. The summed E-state index contributed by atoms with van der Waals surface area (Å²) in [6, 6.07) is 4.80. The van der Waals surface area contributed by atoms with E-state index in [1.54, 1.807) is 10.7 Å². The van der Waals surface area contributed by atoms with E-state index >= 15 is 0 Å². The van der Waals surface area contributed by atoms with Gasteiger partial charge in [0, 0.05) is 18.3 Å². The number of anilines is 1. The molecule has 10 nitrogen and oxygen atoms in total. The number of methoxy groups -OCH3 is 3. The minimum Gasteiger partial charge on any atom is -0.493 e. The molecule has 2 heterocycles. The molecule has 0 bridgehead atoms. The fourth-order valence-electron chi connectivity index (χ4n) is 2.42. The highest BCUT2D eigenvalue weighted by molar-refractivity contribution is 6.04. The Kier molecular flexibility index (Phi) is 4.97. The standard InChI is InChI=1S/C17H19N5O5/c1-9-6-11(21-22(9)2)16-19-20-17(27-16)18-15(23)10-7-12(24-3)14(26-5)13(8-10)25-4/h6-8H,1-5H3,(H,18,20,23). The SMILES string of the molecule is COc1cc(C(=O)Nc2nnc(-c3cc(C)n(C)n3)o2)cc(OC)c1OC. The van der Waals surface area contributed by atoms with Crippen molar-refractivity contribution in [2.45, 2.75) is 6.92 Å². The summed E-state index contributed by atoms with van der Waals surface area (Å²) in [4.78, 5) is 12.5. The summed E-state index contributed by atoms with van der Waals surface area (Å²) in [5, 5.41) is 14.5. The van der Waals surface area contributed by atoms with Crippen LogP contribution in [0.15, 0.2) is 22.6 Å². The Hall–Kier alpha value is -3.56. The third kappa shape index (κ3) is 3.54. The number of amides is 1. The van der Waals surface area contributed by atoms with E-state index in [1.165, 1.54) is 33.5 Å². The van der Waals surface area contributed by atoms with Gasteiger partial charge in [-0.2, -0.15) is 5.10 Å². The molecule has 3 aromatic rings. The summed E-state index contributed by atoms with van der Waals surface area (Å²) in [6.45, 7) is 1.90. The second kappa shape index (κ2) is 7.36. The minimum atomic E-state index is -0.471. The predicted octanol–water partition coefficient (Wildman–Crippen LogP) is 2.06. The van der Waals surface area contributed by atoms with Crippen molar-refractivity contribution < 1.29 is 23.4 Å². The topological polar surface area (TPSA) is 114 Å². The number of aromatic nitrogens is 4. The highest BCUT2D eigenvalue weighted by atomic mass is 16.5. The van der Waals surface area contributed by atoms with Gasteiger partial charge in [0.2, 0.25) is 5.75 Å². The Morgan fingerprint density at radius 3 is 2.26 bits per heavy atom. The van der Waals surface area contributed by atoms with Gasteiger partial charge < -0.3 is 18.6 Å². The second-order valence-corrected chi connectivity index (χ2v) is 5.58. The van der Waals surface area contributed by atoms with Gasteiger partial charge in [0.05, 0.1) is 21.3 Å². The number of nitrogens with one attached hydrogen (secondary N) is 1. The summed E-state index contributed by atoms with van der Waals surface area (Å²) < 4.78 is 22.9. The Bertz CT molecular complexity index is 934. The van der Waals surface area contributed by atoms with Gasteiger partial charge in [-0.05, 0) is 25.1 Å². The van der Waals surface area contributed by atoms with Crippen molar-refractivity contribution in [1.82, 2.24) is 20.0 Å². The maximum absolute atomic E-state index is 12.5. The zero-order chi connectivity index (χ0) is 19.6. The summed E-state index contributed by atoms with van der Waals surface area (Å²) >= 11 is 0. The summed E-state index contributed by atoms with van der Waals surface area (Å²) in [6.07, 6.45) is 0. The molecule has 142 valence electrons. The maximum Gasteiger partial charge on any atom is 0.322 e. The van der Waals surface area contributed by atoms with Gasteiger partial charge in [-0.25, -0.2) is 0 Å². The van der Waals surface area contributed by atoms with E-state index in [0.717, 1.165) is 5.69 Å². The fourth-order valence-corrected chi connectivity index (χ4v) is 2.42. The molecule has 27 heavy (non-hydrogen) atoms. The van der Waals surface area contributed by atoms with Crippen LogP contribution in [0, 0.1) is 6.92 Å². The first-order valence-electron chi connectivity index (χ1n) is 7.92. The van der Waals surface area contributed by atoms with Gasteiger partial charge in [0.15, 0.2) is 11.5 Å². The highest BCUT2D eigenvalue weighted by Gasteiger charge is 2.19. The molecule has 0 radical (unpaired) electrons. The predicted molar refractivity (Wildman–Crippen MR) is 95.3 cm³/mol. The van der Waals surface area contributed by atoms with Gasteiger partial charge >= 0.3 is 6.01 Å². The van der Waals surface area contributed by atoms with Gasteiger partial charge in [0.25, 0.3) is 11.8 Å². The van der Waals surface area contributed by atoms with E-state index in [4.69, 9.17) is 18.6 Å². The molecule has 1 amide bonds. The molecule has 0 saturated carbocycles. The molecule has 1 N–H and O–H groups in total. The second-order valence-electron chi connectivity index (χ2n) is 5.58. The molecule has 0 aliphatic carbocycles. The number of hydrogen-bond donors (Lipinski definition) is 1. The Balaban J connectivity index is 1.83. The Morgan fingerprint density at radius 1 is 1.07 bits per heavy atom. The highest BCUT2D eigenvalue weighted by Crippen LogP contribution is 2.38. The van der Waals surface area contributed by atoms with E-state index in [1.807, 2.05) is 14.0 Å². The molecule has 0 saturated heterocycles. The molecule has 1 aromatic carbocycles. The van der Waals surface area contributed by atoms with Crippen LogP contribution in [-0.2, 0) is 7.05 Å². The van der Waals surface area contributed by atoms with E-state index in [0.29, 0.717) is 22.9 Å². The van der Waals surface area contributed by atoms with Crippen molar-refractivity contribution in [3.8, 4) is 28.8 Å². The third-order valence-corrected chi connectivity index (χ3v) is 3.91. The first-order chi connectivity index (χ1) is 13.0. The minimum absolute atomic E-state index is 0.0490. The molecule has 2 aromatic heterocycles. The average Bonchev–Trinajstić information content (AvgIpc) is 3.26. The van der Waals surface area contributed by atoms with Crippen molar-refractivity contribution >= 4 is 11.9 Å². The lowest BCUT2D eigenvalue weighted by molar-refractivity contribution is 0.102. The van der Waals surface area contributed by atoms with Crippen LogP contribution in [0.2, 0.25) is 0 Å². The van der Waals surface area contributed by atoms with Crippen LogP contribution in [0.3, 0.4) is 0 Å². The number of carbonyl (C=O) groups excluding carboxylic acids is 1. The number of hydrogen-bond acceptors (Lipinski definition) is 8. The Labute approximate surface area is 155 Å². The van der Waals surface area contributed by atoms with Crippen molar-refractivity contribution in [2.24, 2.45) is 7.05 Å². The smallest absolute Gasteiger partial charge is 0.322 e. The largest absolute Gasteiger partial charge is 0.493 e. The Morgan fingerprint density at radius 2 is 1.74 bits per heavy atom. The quantitative estimate of drug-likeness (QED) is 0.698. The van der Waals surface area contributed by atoms with Crippen molar-refractivity contribution in [3.63, 3.8) is 0 Å². The van der Waals surface area contributed by atoms with Crippen molar-refractivity contribution in [2.75, 3.05) is 26.6 Å². The van der Waals surface area contributed by atoms with E-state index in [2.05, 4.69) is 20.6 Å². The first-order valence-corrected chi connectivity index (χ1v) is 7.92. The summed E-state index contributed by atoms with van der Waals surface area (Å²) in [7, 11) is 6.23. The molecule has 0 spiro atoms. The lowest BCUT2D eigenvalue weighted by Crippen LogP contribution is -2.13. The van der Waals surface area contributed by atoms with E-state index in [9.17, 15) is 4.79 Å². The van der Waals surface area contributed by atoms with Gasteiger partial charge in [-0.1, -0.05) is 5.10 Å². The number of aryl methyl sites for hydroxylation is 2. The molecular formula is C17H19N5O5. The number of benzene rings is 1. The van der Waals surface area contributed by atoms with Crippen molar-refractivity contribution in [1.29, 1.82) is 0 Å². The van der Waals surface area contributed by atoms with Crippen LogP contribution >= 0.6 is 0 Å². The normalized spacial score (nSPS) is 10.6. The van der Waals surface area contributed by atoms with Gasteiger partial charge in [-0.15, -0.1) is 5.10 Å². The van der Waals surface area contributed by atoms with Gasteiger partial charge in [0.1, 0.15) is 5.69 Å². The van der Waals surface area contributed by atoms with Crippen LogP contribution in [0.4, 0.5) is 6.01 Å². The zero-order valence-electron chi connectivity index (χ0n) is 15.6. The molecule has 0 atom stereocenters. The zero-order valence-corrected chi connectivity index (χ0v) is 15.6. The van der Waals surface area contributed by atoms with Crippen LogP contribution < -0.4 is 19.5 Å². The number of ether oxygens (including phenoxy) is 3. The average molecular weight is 373 g/mol. The molecule has 10 heteroatoms. The van der Waals surface area contributed by atoms with Crippen LogP contribution in [0.1, 0.15) is 16.1 Å². The molecule has 0 aliphatic rings. The molecule has 3 rings (SSSR count). The summed E-state index contributed by atoms with van der Waals surface area (Å²) in [5.41, 5.74) is 1.74. The van der Waals surface area contributed by atoms with Crippen molar-refractivity contribution in [3.05, 3.63) is 29.5 Å². The number of rotatable bonds is 6. The number of carbonyl (C=O) groups is 1. The van der Waals surface area contributed by atoms with Crippen LogP contribution in [0.5, 0.6) is 17.2 Å². The first kappa shape index (κ1) is 18.2.